The second-order valence-corrected chi connectivity index (χ2v) is 5.83. The summed E-state index contributed by atoms with van der Waals surface area (Å²) < 4.78 is 1.06. The molecule has 0 bridgehead atoms. The average Bonchev–Trinajstić information content (AvgIpc) is 2.46. The number of amides is 1. The van der Waals surface area contributed by atoms with E-state index in [2.05, 4.69) is 57.4 Å². The number of carbonyl (C=O) groups excluding carboxylic acids is 1. The summed E-state index contributed by atoms with van der Waals surface area (Å²) in [5.41, 5.74) is 2.33. The molecule has 0 radical (unpaired) electrons. The van der Waals surface area contributed by atoms with Crippen LogP contribution in [0, 0.1) is 0 Å². The molecule has 1 rings (SSSR count). The zero-order valence-electron chi connectivity index (χ0n) is 13.2. The zero-order chi connectivity index (χ0) is 15.7. The molecule has 21 heavy (non-hydrogen) atoms. The lowest BCUT2D eigenvalue weighted by atomic mass is 10.1. The Bertz CT molecular complexity index is 451. The molecule has 0 unspecified atom stereocenters. The molecule has 0 saturated carbocycles. The minimum atomic E-state index is 0.0646. The van der Waals surface area contributed by atoms with E-state index in [1.807, 2.05) is 13.0 Å². The van der Waals surface area contributed by atoms with Gasteiger partial charge < -0.3 is 15.5 Å². The smallest absolute Gasteiger partial charge is 0.239 e. The predicted octanol–water partition coefficient (Wildman–Crippen LogP) is 2.91. The summed E-state index contributed by atoms with van der Waals surface area (Å²) in [4.78, 5) is 14.0. The standard InChI is InChI=1S/C16H26BrN3O/c1-4-9-18-11-13-10-14(17)7-8-15(13)20(6-3)12-16(21)19-5-2/h7-8,10,18H,4-6,9,11-12H2,1-3H3,(H,19,21). The van der Waals surface area contributed by atoms with Gasteiger partial charge in [-0.25, -0.2) is 0 Å². The number of benzene rings is 1. The highest BCUT2D eigenvalue weighted by Gasteiger charge is 2.13. The Morgan fingerprint density at radius 2 is 2.05 bits per heavy atom. The largest absolute Gasteiger partial charge is 0.362 e. The van der Waals surface area contributed by atoms with Crippen molar-refractivity contribution in [2.45, 2.75) is 33.7 Å². The number of hydrogen-bond acceptors (Lipinski definition) is 3. The van der Waals surface area contributed by atoms with Crippen LogP contribution in [0.25, 0.3) is 0 Å². The molecule has 0 aliphatic rings. The number of rotatable bonds is 9. The summed E-state index contributed by atoms with van der Waals surface area (Å²) in [6, 6.07) is 6.23. The fourth-order valence-corrected chi connectivity index (χ4v) is 2.61. The summed E-state index contributed by atoms with van der Waals surface area (Å²) in [5, 5.41) is 6.29. The minimum Gasteiger partial charge on any atom is -0.362 e. The van der Waals surface area contributed by atoms with Crippen LogP contribution in [0.1, 0.15) is 32.8 Å². The number of hydrogen-bond donors (Lipinski definition) is 2. The summed E-state index contributed by atoms with van der Waals surface area (Å²) in [6.45, 7) is 9.84. The molecule has 0 fully saturated rings. The van der Waals surface area contributed by atoms with Gasteiger partial charge in [0, 0.05) is 29.8 Å². The van der Waals surface area contributed by atoms with Crippen LogP contribution in [0.5, 0.6) is 0 Å². The van der Waals surface area contributed by atoms with E-state index in [4.69, 9.17) is 0 Å². The first-order valence-electron chi connectivity index (χ1n) is 7.63. The van der Waals surface area contributed by atoms with Crippen molar-refractivity contribution in [3.05, 3.63) is 28.2 Å². The van der Waals surface area contributed by atoms with Crippen LogP contribution >= 0.6 is 15.9 Å². The van der Waals surface area contributed by atoms with Crippen LogP contribution in [0.15, 0.2) is 22.7 Å². The molecule has 1 aromatic rings. The normalized spacial score (nSPS) is 10.5. The summed E-state index contributed by atoms with van der Waals surface area (Å²) in [7, 11) is 0. The van der Waals surface area contributed by atoms with Gasteiger partial charge in [-0.15, -0.1) is 0 Å². The molecule has 1 amide bonds. The van der Waals surface area contributed by atoms with E-state index in [9.17, 15) is 4.79 Å². The first-order valence-corrected chi connectivity index (χ1v) is 8.42. The van der Waals surface area contributed by atoms with Crippen molar-refractivity contribution < 1.29 is 4.79 Å². The summed E-state index contributed by atoms with van der Waals surface area (Å²) >= 11 is 3.53. The van der Waals surface area contributed by atoms with Crippen molar-refractivity contribution in [3.8, 4) is 0 Å². The zero-order valence-corrected chi connectivity index (χ0v) is 14.8. The number of anilines is 1. The van der Waals surface area contributed by atoms with Crippen molar-refractivity contribution >= 4 is 27.5 Å². The van der Waals surface area contributed by atoms with Gasteiger partial charge in [-0.1, -0.05) is 22.9 Å². The Kier molecular flexibility index (Phi) is 8.38. The van der Waals surface area contributed by atoms with Crippen LogP contribution in [-0.4, -0.2) is 32.1 Å². The predicted molar refractivity (Wildman–Crippen MR) is 92.7 cm³/mol. The van der Waals surface area contributed by atoms with Crippen LogP contribution in [0.2, 0.25) is 0 Å². The molecular formula is C16H26BrN3O. The highest BCUT2D eigenvalue weighted by molar-refractivity contribution is 9.10. The fraction of sp³-hybridized carbons (Fsp3) is 0.562. The van der Waals surface area contributed by atoms with E-state index in [1.54, 1.807) is 0 Å². The third-order valence-electron chi connectivity index (χ3n) is 3.21. The number of nitrogens with one attached hydrogen (secondary N) is 2. The van der Waals surface area contributed by atoms with E-state index < -0.39 is 0 Å². The Morgan fingerprint density at radius 3 is 2.67 bits per heavy atom. The van der Waals surface area contributed by atoms with Crippen molar-refractivity contribution in [3.63, 3.8) is 0 Å². The summed E-state index contributed by atoms with van der Waals surface area (Å²) in [6.07, 6.45) is 1.11. The van der Waals surface area contributed by atoms with Gasteiger partial charge in [0.2, 0.25) is 5.91 Å². The van der Waals surface area contributed by atoms with Crippen LogP contribution in [0.3, 0.4) is 0 Å². The van der Waals surface area contributed by atoms with Gasteiger partial charge in [-0.05, 0) is 50.6 Å². The maximum atomic E-state index is 11.8. The molecule has 0 aliphatic carbocycles. The van der Waals surface area contributed by atoms with Crippen molar-refractivity contribution in [2.24, 2.45) is 0 Å². The SMILES string of the molecule is CCCNCc1cc(Br)ccc1N(CC)CC(=O)NCC. The minimum absolute atomic E-state index is 0.0646. The first-order chi connectivity index (χ1) is 10.1. The van der Waals surface area contributed by atoms with Crippen molar-refractivity contribution in [1.29, 1.82) is 0 Å². The van der Waals surface area contributed by atoms with Gasteiger partial charge in [-0.2, -0.15) is 0 Å². The number of likely N-dealkylation sites (N-methyl/N-ethyl adjacent to an activating group) is 2. The van der Waals surface area contributed by atoms with E-state index >= 15 is 0 Å². The van der Waals surface area contributed by atoms with E-state index in [1.165, 1.54) is 5.56 Å². The van der Waals surface area contributed by atoms with E-state index in [-0.39, 0.29) is 5.91 Å². The average molecular weight is 356 g/mol. The Hall–Kier alpha value is -1.07. The van der Waals surface area contributed by atoms with E-state index in [0.29, 0.717) is 13.1 Å². The molecule has 118 valence electrons. The summed E-state index contributed by atoms with van der Waals surface area (Å²) in [5.74, 6) is 0.0646. The second-order valence-electron chi connectivity index (χ2n) is 4.92. The molecule has 0 spiro atoms. The lowest BCUT2D eigenvalue weighted by Gasteiger charge is -2.25. The number of nitrogens with zero attached hydrogens (tertiary/aromatic N) is 1. The van der Waals surface area contributed by atoms with Gasteiger partial charge >= 0.3 is 0 Å². The molecule has 0 heterocycles. The van der Waals surface area contributed by atoms with Gasteiger partial charge in [0.15, 0.2) is 0 Å². The third kappa shape index (κ3) is 6.06. The lowest BCUT2D eigenvalue weighted by Crippen LogP contribution is -2.37. The van der Waals surface area contributed by atoms with Crippen molar-refractivity contribution in [2.75, 3.05) is 31.1 Å². The molecule has 0 saturated heterocycles. The topological polar surface area (TPSA) is 44.4 Å². The van der Waals surface area contributed by atoms with E-state index in [0.717, 1.165) is 36.2 Å². The molecule has 2 N–H and O–H groups in total. The van der Waals surface area contributed by atoms with Gasteiger partial charge in [-0.3, -0.25) is 4.79 Å². The monoisotopic (exact) mass is 355 g/mol. The molecule has 4 nitrogen and oxygen atoms in total. The first kappa shape index (κ1) is 18.0. The van der Waals surface area contributed by atoms with Crippen LogP contribution in [-0.2, 0) is 11.3 Å². The highest BCUT2D eigenvalue weighted by atomic mass is 79.9. The lowest BCUT2D eigenvalue weighted by molar-refractivity contribution is -0.119. The van der Waals surface area contributed by atoms with Gasteiger partial charge in [0.25, 0.3) is 0 Å². The maximum Gasteiger partial charge on any atom is 0.239 e. The van der Waals surface area contributed by atoms with Crippen LogP contribution in [0.4, 0.5) is 5.69 Å². The number of halogens is 1. The molecule has 0 aliphatic heterocycles. The molecule has 0 atom stereocenters. The Balaban J connectivity index is 2.88. The molecule has 0 aromatic heterocycles. The quantitative estimate of drug-likeness (QED) is 0.669. The van der Waals surface area contributed by atoms with Crippen molar-refractivity contribution in [1.82, 2.24) is 10.6 Å². The Morgan fingerprint density at radius 1 is 1.29 bits per heavy atom. The molecule has 5 heteroatoms. The number of carbonyl (C=O) groups is 1. The molecule has 1 aromatic carbocycles. The fourth-order valence-electron chi connectivity index (χ4n) is 2.20. The molecular weight excluding hydrogens is 330 g/mol. The Labute approximate surface area is 136 Å². The highest BCUT2D eigenvalue weighted by Crippen LogP contribution is 2.24. The van der Waals surface area contributed by atoms with Crippen LogP contribution < -0.4 is 15.5 Å². The third-order valence-corrected chi connectivity index (χ3v) is 3.71. The maximum absolute atomic E-state index is 11.8. The second kappa shape index (κ2) is 9.79. The van der Waals surface area contributed by atoms with Gasteiger partial charge in [0.1, 0.15) is 0 Å². The van der Waals surface area contributed by atoms with Gasteiger partial charge in [0.05, 0.1) is 6.54 Å².